The average molecular weight is 393 g/mol. The predicted octanol–water partition coefficient (Wildman–Crippen LogP) is 4.41. The number of para-hydroxylation sites is 2. The summed E-state index contributed by atoms with van der Waals surface area (Å²) < 4.78 is 2.03. The minimum atomic E-state index is 0.192. The van der Waals surface area contributed by atoms with Gasteiger partial charge in [-0.05, 0) is 56.4 Å². The van der Waals surface area contributed by atoms with Gasteiger partial charge < -0.3 is 4.90 Å². The summed E-state index contributed by atoms with van der Waals surface area (Å²) in [6.07, 6.45) is 4.14. The molecule has 1 aromatic carbocycles. The standard InChI is InChI=1S/C22H24N4OS/c1-3-16-12-21(28-14-20(27)25-11-7-6-8-15(25)2)26-19-10-5-4-9-18(19)24-22(26)17(16)13-23/h4-5,9-10,12,15H,3,6-8,11,14H2,1-2H3/t15-/m1/s1. The molecule has 28 heavy (non-hydrogen) atoms. The van der Waals surface area contributed by atoms with E-state index in [0.717, 1.165) is 47.4 Å². The Hall–Kier alpha value is -2.52. The zero-order valence-corrected chi connectivity index (χ0v) is 17.1. The molecule has 0 saturated carbocycles. The van der Waals surface area contributed by atoms with Crippen LogP contribution in [0.4, 0.5) is 0 Å². The molecule has 0 radical (unpaired) electrons. The van der Waals surface area contributed by atoms with E-state index in [1.807, 2.05) is 40.5 Å². The quantitative estimate of drug-likeness (QED) is 0.617. The van der Waals surface area contributed by atoms with E-state index in [4.69, 9.17) is 4.98 Å². The first kappa shape index (κ1) is 18.8. The number of piperidine rings is 1. The lowest BCUT2D eigenvalue weighted by atomic mass is 10.0. The monoisotopic (exact) mass is 392 g/mol. The molecule has 1 amide bonds. The summed E-state index contributed by atoms with van der Waals surface area (Å²) >= 11 is 1.54. The summed E-state index contributed by atoms with van der Waals surface area (Å²) in [5, 5.41) is 10.7. The lowest BCUT2D eigenvalue weighted by Gasteiger charge is -2.33. The van der Waals surface area contributed by atoms with Crippen LogP contribution in [0.3, 0.4) is 0 Å². The first-order valence-corrected chi connectivity index (χ1v) is 10.9. The highest BCUT2D eigenvalue weighted by molar-refractivity contribution is 7.99. The van der Waals surface area contributed by atoms with Crippen LogP contribution >= 0.6 is 11.8 Å². The number of imidazole rings is 1. The van der Waals surface area contributed by atoms with Gasteiger partial charge in [0.25, 0.3) is 0 Å². The van der Waals surface area contributed by atoms with Gasteiger partial charge in [-0.15, -0.1) is 0 Å². The Bertz CT molecular complexity index is 1080. The number of likely N-dealkylation sites (tertiary alicyclic amines) is 1. The molecule has 0 bridgehead atoms. The second-order valence-electron chi connectivity index (χ2n) is 7.33. The fourth-order valence-corrected chi connectivity index (χ4v) is 5.02. The highest BCUT2D eigenvalue weighted by Gasteiger charge is 2.24. The number of carbonyl (C=O) groups excluding carboxylic acids is 1. The zero-order chi connectivity index (χ0) is 19.7. The molecule has 3 heterocycles. The number of rotatable bonds is 4. The number of thioether (sulfide) groups is 1. The topological polar surface area (TPSA) is 61.4 Å². The SMILES string of the molecule is CCc1cc(SCC(=O)N2CCCC[C@H]2C)n2c(nc3ccccc32)c1C#N. The van der Waals surface area contributed by atoms with Crippen LogP contribution in [-0.2, 0) is 11.2 Å². The van der Waals surface area contributed by atoms with Crippen molar-refractivity contribution in [3.63, 3.8) is 0 Å². The molecule has 0 unspecified atom stereocenters. The Labute approximate surface area is 169 Å². The van der Waals surface area contributed by atoms with Crippen LogP contribution in [-0.4, -0.2) is 38.5 Å². The van der Waals surface area contributed by atoms with E-state index >= 15 is 0 Å². The summed E-state index contributed by atoms with van der Waals surface area (Å²) in [4.78, 5) is 19.6. The number of aryl methyl sites for hydroxylation is 1. The van der Waals surface area contributed by atoms with Gasteiger partial charge in [0, 0.05) is 12.6 Å². The van der Waals surface area contributed by atoms with Crippen LogP contribution in [0, 0.1) is 11.3 Å². The van der Waals surface area contributed by atoms with E-state index in [2.05, 4.69) is 19.1 Å². The van der Waals surface area contributed by atoms with Gasteiger partial charge in [-0.2, -0.15) is 5.26 Å². The van der Waals surface area contributed by atoms with Crippen LogP contribution in [0.5, 0.6) is 0 Å². The van der Waals surface area contributed by atoms with E-state index in [9.17, 15) is 10.1 Å². The fourth-order valence-electron chi connectivity index (χ4n) is 4.04. The predicted molar refractivity (Wildman–Crippen MR) is 113 cm³/mol. The summed E-state index contributed by atoms with van der Waals surface area (Å²) in [6, 6.07) is 12.6. The lowest BCUT2D eigenvalue weighted by Crippen LogP contribution is -2.42. The maximum absolute atomic E-state index is 12.8. The minimum absolute atomic E-state index is 0.192. The fraction of sp³-hybridized carbons (Fsp3) is 0.409. The smallest absolute Gasteiger partial charge is 0.233 e. The highest BCUT2D eigenvalue weighted by Crippen LogP contribution is 2.30. The number of carbonyl (C=O) groups is 1. The molecular formula is C22H24N4OS. The Morgan fingerprint density at radius 1 is 1.36 bits per heavy atom. The zero-order valence-electron chi connectivity index (χ0n) is 16.3. The third-order valence-electron chi connectivity index (χ3n) is 5.58. The molecule has 3 aromatic rings. The van der Waals surface area contributed by atoms with Crippen molar-refractivity contribution in [1.82, 2.24) is 14.3 Å². The Morgan fingerprint density at radius 2 is 2.18 bits per heavy atom. The van der Waals surface area contributed by atoms with Crippen molar-refractivity contribution in [3.8, 4) is 6.07 Å². The number of pyridine rings is 1. The number of nitrogens with zero attached hydrogens (tertiary/aromatic N) is 4. The molecule has 0 aliphatic carbocycles. The molecule has 1 aliphatic rings. The van der Waals surface area contributed by atoms with Gasteiger partial charge in [0.05, 0.1) is 27.4 Å². The number of amides is 1. The number of fused-ring (bicyclic) bond motifs is 3. The molecule has 0 spiro atoms. The van der Waals surface area contributed by atoms with Gasteiger partial charge in [0.1, 0.15) is 6.07 Å². The molecule has 0 N–H and O–H groups in total. The second kappa shape index (κ2) is 7.84. The van der Waals surface area contributed by atoms with E-state index in [1.165, 1.54) is 6.42 Å². The van der Waals surface area contributed by atoms with Gasteiger partial charge in [-0.25, -0.2) is 4.98 Å². The van der Waals surface area contributed by atoms with Gasteiger partial charge in [-0.1, -0.05) is 30.8 Å². The molecule has 1 atom stereocenters. The average Bonchev–Trinajstić information content (AvgIpc) is 3.11. The Kier molecular flexibility index (Phi) is 5.27. The molecule has 1 saturated heterocycles. The molecular weight excluding hydrogens is 368 g/mol. The van der Waals surface area contributed by atoms with Gasteiger partial charge in [0.2, 0.25) is 5.91 Å². The number of nitriles is 1. The molecule has 4 rings (SSSR count). The van der Waals surface area contributed by atoms with E-state index in [0.29, 0.717) is 23.0 Å². The lowest BCUT2D eigenvalue weighted by molar-refractivity contribution is -0.131. The maximum atomic E-state index is 12.8. The molecule has 144 valence electrons. The normalized spacial score (nSPS) is 17.2. The molecule has 1 fully saturated rings. The van der Waals surface area contributed by atoms with Crippen molar-refractivity contribution in [2.45, 2.75) is 50.6 Å². The molecule has 2 aromatic heterocycles. The number of hydrogen-bond donors (Lipinski definition) is 0. The third kappa shape index (κ3) is 3.24. The van der Waals surface area contributed by atoms with Crippen molar-refractivity contribution in [2.75, 3.05) is 12.3 Å². The van der Waals surface area contributed by atoms with Crippen molar-refractivity contribution < 1.29 is 4.79 Å². The maximum Gasteiger partial charge on any atom is 0.233 e. The first-order chi connectivity index (χ1) is 13.6. The van der Waals surface area contributed by atoms with E-state index in [1.54, 1.807) is 11.8 Å². The van der Waals surface area contributed by atoms with Crippen LogP contribution in [0.2, 0.25) is 0 Å². The van der Waals surface area contributed by atoms with Crippen LogP contribution in [0.1, 0.15) is 44.2 Å². The second-order valence-corrected chi connectivity index (χ2v) is 8.32. The largest absolute Gasteiger partial charge is 0.339 e. The first-order valence-electron chi connectivity index (χ1n) is 9.89. The molecule has 5 nitrogen and oxygen atoms in total. The van der Waals surface area contributed by atoms with Gasteiger partial charge >= 0.3 is 0 Å². The molecule has 1 aliphatic heterocycles. The number of benzene rings is 1. The van der Waals surface area contributed by atoms with E-state index < -0.39 is 0 Å². The van der Waals surface area contributed by atoms with E-state index in [-0.39, 0.29) is 5.91 Å². The summed E-state index contributed by atoms with van der Waals surface area (Å²) in [5.74, 6) is 0.596. The number of hydrogen-bond acceptors (Lipinski definition) is 4. The van der Waals surface area contributed by atoms with Crippen LogP contribution in [0.15, 0.2) is 35.4 Å². The van der Waals surface area contributed by atoms with Crippen molar-refractivity contribution in [2.24, 2.45) is 0 Å². The van der Waals surface area contributed by atoms with Crippen molar-refractivity contribution in [1.29, 1.82) is 5.26 Å². The highest BCUT2D eigenvalue weighted by atomic mass is 32.2. The van der Waals surface area contributed by atoms with Gasteiger partial charge in [0.15, 0.2) is 5.65 Å². The minimum Gasteiger partial charge on any atom is -0.339 e. The third-order valence-corrected chi connectivity index (χ3v) is 6.57. The number of aromatic nitrogens is 2. The summed E-state index contributed by atoms with van der Waals surface area (Å²) in [5.41, 5.74) is 4.12. The van der Waals surface area contributed by atoms with Crippen molar-refractivity contribution in [3.05, 3.63) is 41.5 Å². The van der Waals surface area contributed by atoms with Crippen LogP contribution in [0.25, 0.3) is 16.7 Å². The summed E-state index contributed by atoms with van der Waals surface area (Å²) in [7, 11) is 0. The summed E-state index contributed by atoms with van der Waals surface area (Å²) in [6.45, 7) is 5.04. The van der Waals surface area contributed by atoms with Crippen molar-refractivity contribution >= 4 is 34.3 Å². The molecule has 6 heteroatoms. The van der Waals surface area contributed by atoms with Gasteiger partial charge in [-0.3, -0.25) is 9.20 Å². The Morgan fingerprint density at radius 3 is 2.93 bits per heavy atom. The van der Waals surface area contributed by atoms with Crippen LogP contribution < -0.4 is 0 Å². The Balaban J connectivity index is 1.74.